The van der Waals surface area contributed by atoms with Crippen LogP contribution in [-0.4, -0.2) is 59.2 Å². The van der Waals surface area contributed by atoms with Gasteiger partial charge in [-0.2, -0.15) is 0 Å². The van der Waals surface area contributed by atoms with Gasteiger partial charge in [0.2, 0.25) is 6.79 Å². The fourth-order valence-electron chi connectivity index (χ4n) is 4.66. The van der Waals surface area contributed by atoms with E-state index in [4.69, 9.17) is 18.9 Å². The summed E-state index contributed by atoms with van der Waals surface area (Å²) in [5, 5.41) is 10.7. The van der Waals surface area contributed by atoms with E-state index in [1.165, 1.54) is 0 Å². The lowest BCUT2D eigenvalue weighted by molar-refractivity contribution is -0.0232. The van der Waals surface area contributed by atoms with Crippen LogP contribution in [0.1, 0.15) is 18.4 Å². The second kappa shape index (κ2) is 7.68. The summed E-state index contributed by atoms with van der Waals surface area (Å²) in [6.45, 7) is 3.01. The van der Waals surface area contributed by atoms with Gasteiger partial charge in [-0.3, -0.25) is 4.90 Å². The van der Waals surface area contributed by atoms with Gasteiger partial charge in [0.15, 0.2) is 11.5 Å². The Hall–Kier alpha value is -2.58. The van der Waals surface area contributed by atoms with Gasteiger partial charge >= 0.3 is 6.01 Å². The quantitative estimate of drug-likeness (QED) is 0.816. The standard InChI is InChI=1S/C21H25N3O5/c1-26-21-22-7-13(8-23-21)9-24-10-14-4-17(25)19(5-15(14)11-24)29-16-2-3-18-20(6-16)28-12-27-18/h2-3,6-8,14-15,17,19,25H,4-5,9-12H2,1H3/t14-,15+,17+,19+/m0/s1. The van der Waals surface area contributed by atoms with E-state index in [-0.39, 0.29) is 12.9 Å². The highest BCUT2D eigenvalue weighted by Crippen LogP contribution is 2.40. The van der Waals surface area contributed by atoms with E-state index >= 15 is 0 Å². The second-order valence-corrected chi connectivity index (χ2v) is 8.00. The molecule has 1 aliphatic carbocycles. The summed E-state index contributed by atoms with van der Waals surface area (Å²) >= 11 is 0. The summed E-state index contributed by atoms with van der Waals surface area (Å²) < 4.78 is 21.9. The molecule has 0 spiro atoms. The Morgan fingerprint density at radius 2 is 1.86 bits per heavy atom. The lowest BCUT2D eigenvalue weighted by Crippen LogP contribution is -2.42. The summed E-state index contributed by atoms with van der Waals surface area (Å²) in [7, 11) is 1.56. The largest absolute Gasteiger partial charge is 0.488 e. The molecule has 3 aliphatic rings. The van der Waals surface area contributed by atoms with Gasteiger partial charge in [-0.25, -0.2) is 9.97 Å². The topological polar surface area (TPSA) is 86.2 Å². The predicted octanol–water partition coefficient (Wildman–Crippen LogP) is 1.86. The zero-order valence-electron chi connectivity index (χ0n) is 16.4. The highest BCUT2D eigenvalue weighted by molar-refractivity contribution is 5.47. The molecule has 1 saturated heterocycles. The van der Waals surface area contributed by atoms with Gasteiger partial charge in [-0.05, 0) is 36.8 Å². The number of aliphatic hydroxyl groups excluding tert-OH is 1. The third-order valence-electron chi connectivity index (χ3n) is 6.06. The molecule has 8 nitrogen and oxygen atoms in total. The molecule has 29 heavy (non-hydrogen) atoms. The minimum atomic E-state index is -0.467. The number of hydrogen-bond acceptors (Lipinski definition) is 8. The van der Waals surface area contributed by atoms with Crippen molar-refractivity contribution >= 4 is 0 Å². The van der Waals surface area contributed by atoms with Crippen molar-refractivity contribution in [2.45, 2.75) is 31.6 Å². The Bertz CT molecular complexity index is 862. The minimum absolute atomic E-state index is 0.208. The lowest BCUT2D eigenvalue weighted by atomic mass is 9.78. The Morgan fingerprint density at radius 1 is 1.10 bits per heavy atom. The zero-order valence-corrected chi connectivity index (χ0v) is 16.4. The molecule has 0 bridgehead atoms. The van der Waals surface area contributed by atoms with Gasteiger partial charge in [0.25, 0.3) is 0 Å². The molecule has 1 saturated carbocycles. The Labute approximate surface area is 169 Å². The Kier molecular flexibility index (Phi) is 4.89. The summed E-state index contributed by atoms with van der Waals surface area (Å²) in [6, 6.07) is 5.95. The molecular formula is C21H25N3O5. The van der Waals surface area contributed by atoms with Crippen LogP contribution in [0.15, 0.2) is 30.6 Å². The van der Waals surface area contributed by atoms with Crippen molar-refractivity contribution < 1.29 is 24.1 Å². The molecule has 0 radical (unpaired) electrons. The van der Waals surface area contributed by atoms with E-state index < -0.39 is 6.10 Å². The zero-order chi connectivity index (χ0) is 19.8. The molecule has 3 heterocycles. The van der Waals surface area contributed by atoms with E-state index in [0.29, 0.717) is 29.3 Å². The van der Waals surface area contributed by atoms with Crippen molar-refractivity contribution in [3.05, 3.63) is 36.2 Å². The first-order chi connectivity index (χ1) is 14.2. The molecular weight excluding hydrogens is 374 g/mol. The molecule has 1 aromatic heterocycles. The molecule has 154 valence electrons. The van der Waals surface area contributed by atoms with E-state index in [2.05, 4.69) is 14.9 Å². The maximum Gasteiger partial charge on any atom is 0.316 e. The van der Waals surface area contributed by atoms with Crippen molar-refractivity contribution in [1.82, 2.24) is 14.9 Å². The maximum atomic E-state index is 10.7. The molecule has 1 N–H and O–H groups in total. The average molecular weight is 399 g/mol. The number of fused-ring (bicyclic) bond motifs is 2. The summed E-state index contributed by atoms with van der Waals surface area (Å²) in [4.78, 5) is 10.8. The molecule has 8 heteroatoms. The number of likely N-dealkylation sites (tertiary alicyclic amines) is 1. The Morgan fingerprint density at radius 3 is 2.66 bits per heavy atom. The van der Waals surface area contributed by atoms with Gasteiger partial charge in [-0.15, -0.1) is 0 Å². The molecule has 0 unspecified atom stereocenters. The van der Waals surface area contributed by atoms with Crippen molar-refractivity contribution in [3.8, 4) is 23.3 Å². The van der Waals surface area contributed by atoms with E-state index in [9.17, 15) is 5.11 Å². The summed E-state index contributed by atoms with van der Waals surface area (Å²) in [5.74, 6) is 3.13. The van der Waals surface area contributed by atoms with Gasteiger partial charge in [0.1, 0.15) is 11.9 Å². The SMILES string of the molecule is COc1ncc(CN2C[C@H]3C[C@@H](Oc4ccc5c(c4)OCO5)[C@H](O)C[C@H]3C2)cn1. The summed E-state index contributed by atoms with van der Waals surface area (Å²) in [5.41, 5.74) is 1.07. The molecule has 1 aromatic carbocycles. The fourth-order valence-corrected chi connectivity index (χ4v) is 4.66. The number of methoxy groups -OCH3 is 1. The highest BCUT2D eigenvalue weighted by atomic mass is 16.7. The van der Waals surface area contributed by atoms with Crippen molar-refractivity contribution in [2.75, 3.05) is 27.0 Å². The smallest absolute Gasteiger partial charge is 0.316 e. The first kappa shape index (κ1) is 18.4. The molecule has 5 rings (SSSR count). The number of benzene rings is 1. The lowest BCUT2D eigenvalue weighted by Gasteiger charge is -2.35. The van der Waals surface area contributed by atoms with Crippen LogP contribution in [0, 0.1) is 11.8 Å². The van der Waals surface area contributed by atoms with Crippen LogP contribution in [0.5, 0.6) is 23.3 Å². The number of aromatic nitrogens is 2. The van der Waals surface area contributed by atoms with Crippen LogP contribution in [0.2, 0.25) is 0 Å². The molecule has 2 aromatic rings. The van der Waals surface area contributed by atoms with Crippen LogP contribution in [-0.2, 0) is 6.54 Å². The molecule has 2 fully saturated rings. The van der Waals surface area contributed by atoms with E-state index in [1.54, 1.807) is 7.11 Å². The highest BCUT2D eigenvalue weighted by Gasteiger charge is 2.42. The average Bonchev–Trinajstić information content (AvgIpc) is 3.34. The minimum Gasteiger partial charge on any atom is -0.488 e. The van der Waals surface area contributed by atoms with Gasteiger partial charge in [0.05, 0.1) is 13.2 Å². The van der Waals surface area contributed by atoms with Crippen LogP contribution in [0.4, 0.5) is 0 Å². The monoisotopic (exact) mass is 399 g/mol. The van der Waals surface area contributed by atoms with Gasteiger partial charge < -0.3 is 24.1 Å². The van der Waals surface area contributed by atoms with Crippen molar-refractivity contribution in [3.63, 3.8) is 0 Å². The third-order valence-corrected chi connectivity index (χ3v) is 6.06. The molecule has 0 amide bonds. The maximum absolute atomic E-state index is 10.7. The molecule has 2 aliphatic heterocycles. The van der Waals surface area contributed by atoms with E-state index in [1.807, 2.05) is 30.6 Å². The van der Waals surface area contributed by atoms with Crippen molar-refractivity contribution in [1.29, 1.82) is 0 Å². The third kappa shape index (κ3) is 3.82. The number of rotatable bonds is 5. The van der Waals surface area contributed by atoms with Crippen LogP contribution < -0.4 is 18.9 Å². The number of hydrogen-bond donors (Lipinski definition) is 1. The number of nitrogens with zero attached hydrogens (tertiary/aromatic N) is 3. The predicted molar refractivity (Wildman–Crippen MR) is 103 cm³/mol. The van der Waals surface area contributed by atoms with Crippen molar-refractivity contribution in [2.24, 2.45) is 11.8 Å². The van der Waals surface area contributed by atoms with Crippen LogP contribution >= 0.6 is 0 Å². The van der Waals surface area contributed by atoms with Crippen LogP contribution in [0.3, 0.4) is 0 Å². The normalized spacial score (nSPS) is 28.2. The van der Waals surface area contributed by atoms with Gasteiger partial charge in [-0.1, -0.05) is 0 Å². The van der Waals surface area contributed by atoms with E-state index in [0.717, 1.165) is 43.8 Å². The Balaban J connectivity index is 1.20. The number of aliphatic hydroxyl groups is 1. The van der Waals surface area contributed by atoms with Gasteiger partial charge in [0, 0.05) is 43.7 Å². The first-order valence-electron chi connectivity index (χ1n) is 9.99. The first-order valence-corrected chi connectivity index (χ1v) is 9.99. The summed E-state index contributed by atoms with van der Waals surface area (Å²) in [6.07, 6.45) is 4.56. The second-order valence-electron chi connectivity index (χ2n) is 8.00. The van der Waals surface area contributed by atoms with Crippen LogP contribution in [0.25, 0.3) is 0 Å². The molecule has 4 atom stereocenters. The number of ether oxygens (including phenoxy) is 4. The fraction of sp³-hybridized carbons (Fsp3) is 0.524.